The van der Waals surface area contributed by atoms with Gasteiger partial charge in [-0.15, -0.1) is 10.2 Å². The highest BCUT2D eigenvalue weighted by Crippen LogP contribution is 2.24. The third-order valence-corrected chi connectivity index (χ3v) is 5.42. The zero-order valence-corrected chi connectivity index (χ0v) is 18.3. The van der Waals surface area contributed by atoms with Crippen LogP contribution in [0.5, 0.6) is 5.75 Å². The summed E-state index contributed by atoms with van der Waals surface area (Å²) in [6.07, 6.45) is 2.55. The number of thioether (sulfide) groups is 1. The molecule has 158 valence electrons. The molecular weight excluding hydrogens is 396 g/mol. The minimum absolute atomic E-state index is 0.00827. The third kappa shape index (κ3) is 6.10. The molecule has 1 aromatic heterocycles. The maximum absolute atomic E-state index is 12.1. The summed E-state index contributed by atoms with van der Waals surface area (Å²) in [5.74, 6) is 2.02. The summed E-state index contributed by atoms with van der Waals surface area (Å²) in [7, 11) is 0. The summed E-state index contributed by atoms with van der Waals surface area (Å²) in [6, 6.07) is 18.2. The number of benzene rings is 2. The van der Waals surface area contributed by atoms with Crippen LogP contribution in [0.4, 0.5) is 0 Å². The van der Waals surface area contributed by atoms with Gasteiger partial charge >= 0.3 is 0 Å². The molecule has 0 unspecified atom stereocenters. The van der Waals surface area contributed by atoms with Crippen molar-refractivity contribution in [2.45, 2.75) is 38.3 Å². The number of nitrogens with zero attached hydrogens (tertiary/aromatic N) is 3. The van der Waals surface area contributed by atoms with Crippen LogP contribution in [0.15, 0.2) is 59.8 Å². The number of carbonyl (C=O) groups excluding carboxylic acids is 1. The molecule has 0 aliphatic rings. The van der Waals surface area contributed by atoms with Crippen LogP contribution < -0.4 is 10.1 Å². The van der Waals surface area contributed by atoms with Crippen LogP contribution in [0.2, 0.25) is 0 Å². The Labute approximate surface area is 182 Å². The van der Waals surface area contributed by atoms with Gasteiger partial charge in [-0.05, 0) is 49.6 Å². The molecule has 0 aliphatic heterocycles. The Balaban J connectivity index is 1.80. The van der Waals surface area contributed by atoms with Gasteiger partial charge in [0, 0.05) is 18.7 Å². The highest BCUT2D eigenvalue weighted by Gasteiger charge is 2.16. The first kappa shape index (κ1) is 21.9. The first-order chi connectivity index (χ1) is 14.7. The number of hydrogen-bond acceptors (Lipinski definition) is 5. The summed E-state index contributed by atoms with van der Waals surface area (Å²) in [4.78, 5) is 12.1. The topological polar surface area (TPSA) is 69.0 Å². The lowest BCUT2D eigenvalue weighted by atomic mass is 10.1. The van der Waals surface area contributed by atoms with Crippen molar-refractivity contribution in [1.29, 1.82) is 0 Å². The molecule has 6 nitrogen and oxygen atoms in total. The van der Waals surface area contributed by atoms with E-state index in [1.807, 2.05) is 60.9 Å². The van der Waals surface area contributed by atoms with Gasteiger partial charge in [-0.2, -0.15) is 0 Å². The molecule has 1 amide bonds. The zero-order valence-electron chi connectivity index (χ0n) is 17.5. The third-order valence-electron chi connectivity index (χ3n) is 4.49. The van der Waals surface area contributed by atoms with Gasteiger partial charge < -0.3 is 10.1 Å². The van der Waals surface area contributed by atoms with E-state index in [2.05, 4.69) is 27.6 Å². The van der Waals surface area contributed by atoms with Crippen molar-refractivity contribution >= 4 is 17.7 Å². The minimum atomic E-state index is 0.00827. The quantitative estimate of drug-likeness (QED) is 0.470. The number of nitrogens with one attached hydrogen (secondary N) is 1. The molecule has 0 atom stereocenters. The van der Waals surface area contributed by atoms with Crippen molar-refractivity contribution in [3.8, 4) is 11.4 Å². The smallest absolute Gasteiger partial charge is 0.230 e. The van der Waals surface area contributed by atoms with E-state index < -0.39 is 0 Å². The largest absolute Gasteiger partial charge is 0.494 e. The molecule has 0 fully saturated rings. The van der Waals surface area contributed by atoms with Crippen LogP contribution in [0.25, 0.3) is 5.69 Å². The fraction of sp³-hybridized carbons (Fsp3) is 0.348. The number of amides is 1. The number of carbonyl (C=O) groups is 1. The molecule has 7 heteroatoms. The summed E-state index contributed by atoms with van der Waals surface area (Å²) in [5, 5.41) is 12.4. The van der Waals surface area contributed by atoms with Crippen LogP contribution in [-0.2, 0) is 17.6 Å². The van der Waals surface area contributed by atoms with E-state index >= 15 is 0 Å². The molecule has 0 radical (unpaired) electrons. The molecule has 30 heavy (non-hydrogen) atoms. The lowest BCUT2D eigenvalue weighted by molar-refractivity contribution is -0.118. The second-order valence-electron chi connectivity index (χ2n) is 6.79. The standard InChI is InChI=1S/C23H28N4O2S/c1-3-16-24-22(28)17-30-23-26-25-21(15-10-18-8-6-5-7-9-18)27(23)19-11-13-20(14-12-19)29-4-2/h5-9,11-14H,3-4,10,15-17H2,1-2H3,(H,24,28). The minimum Gasteiger partial charge on any atom is -0.494 e. The number of ether oxygens (including phenoxy) is 1. The lowest BCUT2D eigenvalue weighted by Gasteiger charge is -2.11. The van der Waals surface area contributed by atoms with Crippen molar-refractivity contribution in [2.24, 2.45) is 0 Å². The number of aryl methyl sites for hydroxylation is 2. The van der Waals surface area contributed by atoms with E-state index in [1.54, 1.807) is 0 Å². The Kier molecular flexibility index (Phi) is 8.32. The Morgan fingerprint density at radius 1 is 1.03 bits per heavy atom. The Morgan fingerprint density at radius 2 is 1.80 bits per heavy atom. The molecule has 3 rings (SSSR count). The lowest BCUT2D eigenvalue weighted by Crippen LogP contribution is -2.25. The van der Waals surface area contributed by atoms with Crippen LogP contribution >= 0.6 is 11.8 Å². The van der Waals surface area contributed by atoms with Crippen LogP contribution in [0.1, 0.15) is 31.7 Å². The van der Waals surface area contributed by atoms with E-state index in [9.17, 15) is 4.79 Å². The van der Waals surface area contributed by atoms with Crippen LogP contribution in [-0.4, -0.2) is 39.6 Å². The van der Waals surface area contributed by atoms with E-state index in [-0.39, 0.29) is 5.91 Å². The summed E-state index contributed by atoms with van der Waals surface area (Å²) in [5.41, 5.74) is 2.22. The zero-order chi connectivity index (χ0) is 21.2. The molecule has 0 bridgehead atoms. The second-order valence-corrected chi connectivity index (χ2v) is 7.73. The summed E-state index contributed by atoms with van der Waals surface area (Å²) < 4.78 is 7.60. The Hall–Kier alpha value is -2.80. The fourth-order valence-electron chi connectivity index (χ4n) is 3.02. The first-order valence-corrected chi connectivity index (χ1v) is 11.3. The van der Waals surface area contributed by atoms with E-state index in [1.165, 1.54) is 17.3 Å². The molecule has 1 N–H and O–H groups in total. The van der Waals surface area contributed by atoms with Gasteiger partial charge in [0.2, 0.25) is 5.91 Å². The van der Waals surface area contributed by atoms with Crippen molar-refractivity contribution in [3.05, 3.63) is 66.0 Å². The molecule has 0 spiro atoms. The summed E-state index contributed by atoms with van der Waals surface area (Å²) in [6.45, 7) is 5.32. The van der Waals surface area contributed by atoms with E-state index in [4.69, 9.17) is 4.74 Å². The van der Waals surface area contributed by atoms with Crippen LogP contribution in [0.3, 0.4) is 0 Å². The molecular formula is C23H28N4O2S. The van der Waals surface area contributed by atoms with Crippen molar-refractivity contribution in [3.63, 3.8) is 0 Å². The normalized spacial score (nSPS) is 10.7. The average Bonchev–Trinajstić information content (AvgIpc) is 3.19. The van der Waals surface area contributed by atoms with E-state index in [0.717, 1.165) is 36.5 Å². The van der Waals surface area contributed by atoms with Gasteiger partial charge in [-0.1, -0.05) is 49.0 Å². The Morgan fingerprint density at radius 3 is 2.50 bits per heavy atom. The van der Waals surface area contributed by atoms with Crippen molar-refractivity contribution < 1.29 is 9.53 Å². The van der Waals surface area contributed by atoms with Crippen molar-refractivity contribution in [1.82, 2.24) is 20.1 Å². The second kappa shape index (κ2) is 11.4. The van der Waals surface area contributed by atoms with Crippen molar-refractivity contribution in [2.75, 3.05) is 18.9 Å². The summed E-state index contributed by atoms with van der Waals surface area (Å²) >= 11 is 1.40. The molecule has 1 heterocycles. The van der Waals surface area contributed by atoms with Gasteiger partial charge in [-0.25, -0.2) is 0 Å². The van der Waals surface area contributed by atoms with E-state index in [0.29, 0.717) is 24.1 Å². The number of aromatic nitrogens is 3. The number of hydrogen-bond donors (Lipinski definition) is 1. The average molecular weight is 425 g/mol. The highest BCUT2D eigenvalue weighted by atomic mass is 32.2. The maximum Gasteiger partial charge on any atom is 0.230 e. The predicted octanol–water partition coefficient (Wildman–Crippen LogP) is 4.07. The van der Waals surface area contributed by atoms with Gasteiger partial charge in [0.05, 0.1) is 12.4 Å². The predicted molar refractivity (Wildman–Crippen MR) is 120 cm³/mol. The molecule has 0 saturated carbocycles. The molecule has 0 aliphatic carbocycles. The van der Waals surface area contributed by atoms with Crippen LogP contribution in [0, 0.1) is 0 Å². The number of rotatable bonds is 11. The Bertz CT molecular complexity index is 926. The van der Waals surface area contributed by atoms with Gasteiger partial charge in [-0.3, -0.25) is 9.36 Å². The maximum atomic E-state index is 12.1. The SMILES string of the molecule is CCCNC(=O)CSc1nnc(CCc2ccccc2)n1-c1ccc(OCC)cc1. The molecule has 0 saturated heterocycles. The highest BCUT2D eigenvalue weighted by molar-refractivity contribution is 7.99. The monoisotopic (exact) mass is 424 g/mol. The first-order valence-electron chi connectivity index (χ1n) is 10.3. The van der Waals surface area contributed by atoms with Gasteiger partial charge in [0.15, 0.2) is 5.16 Å². The van der Waals surface area contributed by atoms with Gasteiger partial charge in [0.25, 0.3) is 0 Å². The molecule has 3 aromatic rings. The molecule has 2 aromatic carbocycles. The van der Waals surface area contributed by atoms with Gasteiger partial charge in [0.1, 0.15) is 11.6 Å². The fourth-order valence-corrected chi connectivity index (χ4v) is 3.82.